The first-order chi connectivity index (χ1) is 14.0. The Morgan fingerprint density at radius 1 is 1.17 bits per heavy atom. The molecule has 3 heterocycles. The SMILES string of the molecule is Cc1ccc(N2C(=O)c3cc4ccsc4n3C[C@]2(C)C(=O)NC2CCCC2)cc1. The van der Waals surface area contributed by atoms with Gasteiger partial charge in [-0.3, -0.25) is 14.5 Å². The monoisotopic (exact) mass is 407 g/mol. The molecule has 2 amide bonds. The molecule has 2 aromatic heterocycles. The van der Waals surface area contributed by atoms with E-state index in [1.54, 1.807) is 16.2 Å². The number of hydrogen-bond acceptors (Lipinski definition) is 3. The molecule has 1 atom stereocenters. The Bertz CT molecular complexity index is 1090. The number of nitrogens with zero attached hydrogens (tertiary/aromatic N) is 2. The summed E-state index contributed by atoms with van der Waals surface area (Å²) in [5.74, 6) is -0.185. The molecule has 150 valence electrons. The molecule has 1 aliphatic heterocycles. The lowest BCUT2D eigenvalue weighted by molar-refractivity contribution is -0.127. The van der Waals surface area contributed by atoms with Crippen molar-refractivity contribution in [3.05, 3.63) is 53.0 Å². The van der Waals surface area contributed by atoms with Gasteiger partial charge in [0.2, 0.25) is 5.91 Å². The minimum atomic E-state index is -0.988. The van der Waals surface area contributed by atoms with Crippen LogP contribution in [0.15, 0.2) is 41.8 Å². The number of aromatic nitrogens is 1. The predicted molar refractivity (Wildman–Crippen MR) is 117 cm³/mol. The van der Waals surface area contributed by atoms with Crippen LogP contribution in [0.1, 0.15) is 48.7 Å². The summed E-state index contributed by atoms with van der Waals surface area (Å²) >= 11 is 1.62. The summed E-state index contributed by atoms with van der Waals surface area (Å²) in [5, 5.41) is 6.33. The number of amides is 2. The maximum absolute atomic E-state index is 13.7. The molecule has 1 aromatic carbocycles. The van der Waals surface area contributed by atoms with Crippen LogP contribution < -0.4 is 10.2 Å². The summed E-state index contributed by atoms with van der Waals surface area (Å²) in [4.78, 5) is 30.0. The number of thiophene rings is 1. The van der Waals surface area contributed by atoms with Crippen LogP contribution in [-0.2, 0) is 11.3 Å². The fraction of sp³-hybridized carbons (Fsp3) is 0.391. The number of carbonyl (C=O) groups is 2. The number of rotatable bonds is 3. The summed E-state index contributed by atoms with van der Waals surface area (Å²) in [6.07, 6.45) is 4.34. The van der Waals surface area contributed by atoms with Crippen LogP contribution in [0.3, 0.4) is 0 Å². The van der Waals surface area contributed by atoms with Crippen molar-refractivity contribution in [2.75, 3.05) is 4.90 Å². The van der Waals surface area contributed by atoms with Crippen LogP contribution in [0, 0.1) is 6.92 Å². The lowest BCUT2D eigenvalue weighted by Gasteiger charge is -2.44. The third-order valence-electron chi connectivity index (χ3n) is 6.36. The van der Waals surface area contributed by atoms with E-state index < -0.39 is 5.54 Å². The predicted octanol–water partition coefficient (Wildman–Crippen LogP) is 4.49. The van der Waals surface area contributed by atoms with Crippen molar-refractivity contribution < 1.29 is 9.59 Å². The Labute approximate surface area is 174 Å². The molecule has 1 N–H and O–H groups in total. The second-order valence-corrected chi connectivity index (χ2v) is 9.40. The number of aryl methyl sites for hydroxylation is 1. The maximum Gasteiger partial charge on any atom is 0.275 e. The molecule has 3 aromatic rings. The first-order valence-corrected chi connectivity index (χ1v) is 11.1. The van der Waals surface area contributed by atoms with Gasteiger partial charge >= 0.3 is 0 Å². The van der Waals surface area contributed by atoms with Gasteiger partial charge in [0.1, 0.15) is 16.1 Å². The Morgan fingerprint density at radius 3 is 2.62 bits per heavy atom. The first-order valence-electron chi connectivity index (χ1n) is 10.3. The summed E-state index contributed by atoms with van der Waals surface area (Å²) in [7, 11) is 0. The van der Waals surface area contributed by atoms with Gasteiger partial charge in [-0.25, -0.2) is 0 Å². The van der Waals surface area contributed by atoms with Crippen molar-refractivity contribution in [2.45, 2.75) is 57.7 Å². The molecule has 0 unspecified atom stereocenters. The van der Waals surface area contributed by atoms with Crippen LogP contribution in [0.5, 0.6) is 0 Å². The van der Waals surface area contributed by atoms with Crippen molar-refractivity contribution in [2.24, 2.45) is 0 Å². The fourth-order valence-electron chi connectivity index (χ4n) is 4.71. The van der Waals surface area contributed by atoms with Gasteiger partial charge in [-0.05, 0) is 56.3 Å². The van der Waals surface area contributed by atoms with Gasteiger partial charge in [-0.2, -0.15) is 0 Å². The second kappa shape index (κ2) is 6.73. The largest absolute Gasteiger partial charge is 0.351 e. The molecule has 6 heteroatoms. The highest BCUT2D eigenvalue weighted by Crippen LogP contribution is 2.37. The maximum atomic E-state index is 13.7. The third-order valence-corrected chi connectivity index (χ3v) is 7.31. The number of fused-ring (bicyclic) bond motifs is 3. The summed E-state index contributed by atoms with van der Waals surface area (Å²) in [6.45, 7) is 4.37. The molecule has 0 bridgehead atoms. The molecule has 2 aliphatic rings. The molecule has 29 heavy (non-hydrogen) atoms. The van der Waals surface area contributed by atoms with E-state index in [1.165, 1.54) is 0 Å². The van der Waals surface area contributed by atoms with Gasteiger partial charge in [0.15, 0.2) is 0 Å². The Balaban J connectivity index is 1.62. The van der Waals surface area contributed by atoms with E-state index >= 15 is 0 Å². The molecule has 5 rings (SSSR count). The lowest BCUT2D eigenvalue weighted by Crippen LogP contribution is -2.65. The third kappa shape index (κ3) is 2.89. The average Bonchev–Trinajstić information content (AvgIpc) is 3.42. The smallest absolute Gasteiger partial charge is 0.275 e. The molecule has 1 saturated carbocycles. The van der Waals surface area contributed by atoms with Gasteiger partial charge in [0, 0.05) is 17.1 Å². The normalized spacial score (nSPS) is 22.3. The summed E-state index contributed by atoms with van der Waals surface area (Å²) in [6, 6.07) is 12.1. The van der Waals surface area contributed by atoms with Crippen molar-refractivity contribution >= 4 is 39.1 Å². The summed E-state index contributed by atoms with van der Waals surface area (Å²) < 4.78 is 2.03. The highest BCUT2D eigenvalue weighted by molar-refractivity contribution is 7.16. The van der Waals surface area contributed by atoms with Gasteiger partial charge < -0.3 is 9.88 Å². The van der Waals surface area contributed by atoms with E-state index in [2.05, 4.69) is 5.32 Å². The van der Waals surface area contributed by atoms with Crippen LogP contribution >= 0.6 is 11.3 Å². The number of hydrogen-bond donors (Lipinski definition) is 1. The zero-order valence-corrected chi connectivity index (χ0v) is 17.6. The number of anilines is 1. The lowest BCUT2D eigenvalue weighted by atomic mass is 9.93. The van der Waals surface area contributed by atoms with Crippen LogP contribution in [0.25, 0.3) is 10.2 Å². The highest BCUT2D eigenvalue weighted by Gasteiger charge is 2.49. The van der Waals surface area contributed by atoms with E-state index in [1.807, 2.05) is 60.2 Å². The Kier molecular flexibility index (Phi) is 4.28. The average molecular weight is 408 g/mol. The molecular weight excluding hydrogens is 382 g/mol. The minimum absolute atomic E-state index is 0.0672. The molecule has 5 nitrogen and oxygen atoms in total. The fourth-order valence-corrected chi connectivity index (χ4v) is 5.60. The highest BCUT2D eigenvalue weighted by atomic mass is 32.1. The van der Waals surface area contributed by atoms with E-state index in [9.17, 15) is 9.59 Å². The van der Waals surface area contributed by atoms with E-state index in [4.69, 9.17) is 0 Å². The van der Waals surface area contributed by atoms with E-state index in [-0.39, 0.29) is 17.9 Å². The minimum Gasteiger partial charge on any atom is -0.351 e. The summed E-state index contributed by atoms with van der Waals surface area (Å²) in [5.41, 5.74) is 1.55. The van der Waals surface area contributed by atoms with Gasteiger partial charge in [-0.1, -0.05) is 30.5 Å². The molecule has 1 aliphatic carbocycles. The molecule has 0 spiro atoms. The van der Waals surface area contributed by atoms with Crippen molar-refractivity contribution in [1.29, 1.82) is 0 Å². The second-order valence-electron chi connectivity index (χ2n) is 8.50. The van der Waals surface area contributed by atoms with Crippen molar-refractivity contribution in [3.8, 4) is 0 Å². The van der Waals surface area contributed by atoms with Crippen LogP contribution in [-0.4, -0.2) is 28.0 Å². The van der Waals surface area contributed by atoms with Gasteiger partial charge in [-0.15, -0.1) is 11.3 Å². The molecular formula is C23H25N3O2S. The number of carbonyl (C=O) groups excluding carboxylic acids is 2. The Morgan fingerprint density at radius 2 is 1.90 bits per heavy atom. The van der Waals surface area contributed by atoms with Crippen molar-refractivity contribution in [1.82, 2.24) is 9.88 Å². The zero-order chi connectivity index (χ0) is 20.2. The standard InChI is InChI=1S/C23H25N3O2S/c1-15-7-9-18(10-8-15)26-20(27)19-13-16-11-12-29-21(16)25(19)14-23(26,2)22(28)24-17-5-3-4-6-17/h7-13,17H,3-6,14H2,1-2H3,(H,24,28)/t23-/m1/s1. The van der Waals surface area contributed by atoms with E-state index in [0.29, 0.717) is 12.2 Å². The van der Waals surface area contributed by atoms with Gasteiger partial charge in [0.05, 0.1) is 6.54 Å². The van der Waals surface area contributed by atoms with Crippen molar-refractivity contribution in [3.63, 3.8) is 0 Å². The number of benzene rings is 1. The molecule has 0 radical (unpaired) electrons. The van der Waals surface area contributed by atoms with E-state index in [0.717, 1.165) is 47.2 Å². The van der Waals surface area contributed by atoms with Crippen LogP contribution in [0.2, 0.25) is 0 Å². The Hall–Kier alpha value is -2.60. The zero-order valence-electron chi connectivity index (χ0n) is 16.8. The quantitative estimate of drug-likeness (QED) is 0.696. The molecule has 1 fully saturated rings. The molecule has 0 saturated heterocycles. The van der Waals surface area contributed by atoms with Crippen LogP contribution in [0.4, 0.5) is 5.69 Å². The first kappa shape index (κ1) is 18.4. The number of nitrogens with one attached hydrogen (secondary N) is 1. The topological polar surface area (TPSA) is 54.3 Å². The van der Waals surface area contributed by atoms with Gasteiger partial charge in [0.25, 0.3) is 5.91 Å².